The third-order valence-electron chi connectivity index (χ3n) is 4.38. The molecule has 0 bridgehead atoms. The monoisotopic (exact) mass is 420 g/mol. The van der Waals surface area contributed by atoms with Crippen LogP contribution in [0.25, 0.3) is 0 Å². The molecule has 0 amide bonds. The number of unbranched alkanes of at least 4 members (excludes halogenated alkanes) is 14. The lowest BCUT2D eigenvalue weighted by atomic mass is 10.0. The van der Waals surface area contributed by atoms with E-state index in [0.717, 1.165) is 12.8 Å². The van der Waals surface area contributed by atoms with Gasteiger partial charge in [0.05, 0.1) is 20.3 Å². The fourth-order valence-corrected chi connectivity index (χ4v) is 2.65. The largest absolute Gasteiger partial charge is 0.481 e. The Morgan fingerprint density at radius 2 is 0.931 bits per heavy atom. The maximum absolute atomic E-state index is 10.3. The van der Waals surface area contributed by atoms with Gasteiger partial charge in [-0.1, -0.05) is 96.8 Å². The number of carboxylic acids is 1. The van der Waals surface area contributed by atoms with Gasteiger partial charge in [-0.2, -0.15) is 0 Å². The van der Waals surface area contributed by atoms with E-state index < -0.39 is 5.97 Å². The molecule has 0 saturated carbocycles. The Bertz CT molecular complexity index is 318. The van der Waals surface area contributed by atoms with Gasteiger partial charge in [-0.05, 0) is 6.42 Å². The molecule has 0 atom stereocenters. The average Bonchev–Trinajstić information content (AvgIpc) is 2.71. The molecule has 0 aromatic carbocycles. The van der Waals surface area contributed by atoms with Crippen LogP contribution in [0.15, 0.2) is 0 Å². The van der Waals surface area contributed by atoms with E-state index in [4.69, 9.17) is 15.3 Å². The Hall–Kier alpha value is -1.14. The number of methoxy groups -OCH3 is 1. The first-order valence-electron chi connectivity index (χ1n) is 11.4. The third kappa shape index (κ3) is 46.7. The zero-order chi connectivity index (χ0) is 22.6. The number of esters is 1. The van der Waals surface area contributed by atoms with Crippen LogP contribution in [0.1, 0.15) is 117 Å². The van der Waals surface area contributed by atoms with Crippen LogP contribution in [0, 0.1) is 0 Å². The molecule has 0 aliphatic heterocycles. The molecule has 0 fully saturated rings. The smallest absolute Gasteiger partial charge is 0.303 e. The van der Waals surface area contributed by atoms with E-state index in [1.54, 1.807) is 0 Å². The molecule has 6 nitrogen and oxygen atoms in total. The van der Waals surface area contributed by atoms with Gasteiger partial charge in [0, 0.05) is 13.3 Å². The Kier molecular flexibility index (Phi) is 35.4. The van der Waals surface area contributed by atoms with Crippen molar-refractivity contribution in [2.75, 3.05) is 20.3 Å². The van der Waals surface area contributed by atoms with Crippen LogP contribution >= 0.6 is 0 Å². The Labute approximate surface area is 179 Å². The number of hydrogen-bond acceptors (Lipinski definition) is 5. The molecular formula is C23H48O6. The highest BCUT2D eigenvalue weighted by atomic mass is 16.5. The molecule has 0 radical (unpaired) electrons. The van der Waals surface area contributed by atoms with Gasteiger partial charge < -0.3 is 20.1 Å². The highest BCUT2D eigenvalue weighted by molar-refractivity contribution is 5.66. The van der Waals surface area contributed by atoms with E-state index >= 15 is 0 Å². The lowest BCUT2D eigenvalue weighted by Crippen LogP contribution is -1.93. The number of ether oxygens (including phenoxy) is 1. The van der Waals surface area contributed by atoms with E-state index in [0.29, 0.717) is 6.42 Å². The molecule has 0 aliphatic rings. The number of carboxylic acid groups (broad SMARTS) is 1. The molecule has 3 N–H and O–H groups in total. The number of aliphatic carboxylic acids is 1. The second kappa shape index (κ2) is 31.6. The number of carbonyl (C=O) groups is 2. The van der Waals surface area contributed by atoms with Crippen molar-refractivity contribution in [3.05, 3.63) is 0 Å². The zero-order valence-corrected chi connectivity index (χ0v) is 19.3. The predicted octanol–water partition coefficient (Wildman–Crippen LogP) is 5.48. The van der Waals surface area contributed by atoms with Gasteiger partial charge in [0.2, 0.25) is 0 Å². The van der Waals surface area contributed by atoms with Gasteiger partial charge in [-0.3, -0.25) is 9.59 Å². The van der Waals surface area contributed by atoms with Crippen molar-refractivity contribution in [2.45, 2.75) is 117 Å². The number of aliphatic hydroxyl groups is 2. The maximum atomic E-state index is 10.3. The molecule has 0 saturated heterocycles. The summed E-state index contributed by atoms with van der Waals surface area (Å²) in [6.07, 6.45) is 20.2. The van der Waals surface area contributed by atoms with Gasteiger partial charge >= 0.3 is 11.9 Å². The molecule has 0 aromatic heterocycles. The molecule has 6 heteroatoms. The molecule has 29 heavy (non-hydrogen) atoms. The zero-order valence-electron chi connectivity index (χ0n) is 19.3. The molecule has 0 rings (SSSR count). The number of rotatable bonds is 17. The first kappa shape index (κ1) is 32.5. The van der Waals surface area contributed by atoms with E-state index in [2.05, 4.69) is 11.7 Å². The molecular weight excluding hydrogens is 372 g/mol. The highest BCUT2D eigenvalue weighted by Crippen LogP contribution is 2.13. The standard InChI is InChI=1S/C18H36O2.C3H6O2.C2H6O2/c1-2-3-4-5-6-7-8-9-10-11-12-13-14-15-16-17-18(19)20;1-3(4)5-2;3-1-2-4/h2-17H2,1H3,(H,19,20);1-2H3;3-4H,1-2H2. The molecule has 0 aromatic rings. The van der Waals surface area contributed by atoms with E-state index in [-0.39, 0.29) is 19.2 Å². The summed E-state index contributed by atoms with van der Waals surface area (Å²) in [6, 6.07) is 0. The van der Waals surface area contributed by atoms with Crippen molar-refractivity contribution in [3.8, 4) is 0 Å². The van der Waals surface area contributed by atoms with Crippen molar-refractivity contribution in [3.63, 3.8) is 0 Å². The van der Waals surface area contributed by atoms with Crippen LogP contribution in [0.4, 0.5) is 0 Å². The van der Waals surface area contributed by atoms with Crippen molar-refractivity contribution >= 4 is 11.9 Å². The summed E-state index contributed by atoms with van der Waals surface area (Å²) in [7, 11) is 1.35. The Morgan fingerprint density at radius 1 is 0.655 bits per heavy atom. The van der Waals surface area contributed by atoms with E-state index in [1.165, 1.54) is 97.5 Å². The minimum absolute atomic E-state index is 0.125. The van der Waals surface area contributed by atoms with Crippen LogP contribution in [0.3, 0.4) is 0 Å². The van der Waals surface area contributed by atoms with Crippen LogP contribution in [0.5, 0.6) is 0 Å². The summed E-state index contributed by atoms with van der Waals surface area (Å²) in [6.45, 7) is 3.38. The average molecular weight is 421 g/mol. The molecule has 0 aliphatic carbocycles. The second-order valence-electron chi connectivity index (χ2n) is 7.24. The van der Waals surface area contributed by atoms with Crippen molar-refractivity contribution in [2.24, 2.45) is 0 Å². The van der Waals surface area contributed by atoms with E-state index in [9.17, 15) is 9.59 Å². The van der Waals surface area contributed by atoms with Crippen LogP contribution in [-0.2, 0) is 14.3 Å². The normalized spacial score (nSPS) is 9.69. The van der Waals surface area contributed by atoms with Gasteiger partial charge in [0.25, 0.3) is 0 Å². The summed E-state index contributed by atoms with van der Waals surface area (Å²) in [4.78, 5) is 19.9. The molecule has 176 valence electrons. The minimum Gasteiger partial charge on any atom is -0.481 e. The SMILES string of the molecule is CCCCCCCCCCCCCCCCCC(=O)O.COC(C)=O.OCCO. The Balaban J connectivity index is -0.000000623. The summed E-state index contributed by atoms with van der Waals surface area (Å²) in [5.41, 5.74) is 0. The van der Waals surface area contributed by atoms with Crippen LogP contribution < -0.4 is 0 Å². The Morgan fingerprint density at radius 3 is 1.14 bits per heavy atom. The molecule has 0 unspecified atom stereocenters. The quantitative estimate of drug-likeness (QED) is 0.212. The fourth-order valence-electron chi connectivity index (χ4n) is 2.65. The van der Waals surface area contributed by atoms with Gasteiger partial charge in [0.1, 0.15) is 0 Å². The first-order valence-corrected chi connectivity index (χ1v) is 11.4. The summed E-state index contributed by atoms with van der Waals surface area (Å²) >= 11 is 0. The minimum atomic E-state index is -0.653. The highest BCUT2D eigenvalue weighted by Gasteiger charge is 1.97. The lowest BCUT2D eigenvalue weighted by Gasteiger charge is -2.03. The number of hydrogen-bond donors (Lipinski definition) is 3. The predicted molar refractivity (Wildman–Crippen MR) is 119 cm³/mol. The van der Waals surface area contributed by atoms with Crippen LogP contribution in [-0.4, -0.2) is 47.6 Å². The first-order chi connectivity index (χ1) is 14.0. The summed E-state index contributed by atoms with van der Waals surface area (Å²) < 4.78 is 4.11. The van der Waals surface area contributed by atoms with Crippen molar-refractivity contribution in [1.82, 2.24) is 0 Å². The fraction of sp³-hybridized carbons (Fsp3) is 0.913. The van der Waals surface area contributed by atoms with Gasteiger partial charge in [-0.15, -0.1) is 0 Å². The molecule has 0 heterocycles. The summed E-state index contributed by atoms with van der Waals surface area (Å²) in [5, 5.41) is 23.8. The third-order valence-corrected chi connectivity index (χ3v) is 4.38. The number of carbonyl (C=O) groups excluding carboxylic acids is 1. The van der Waals surface area contributed by atoms with Crippen molar-refractivity contribution < 1.29 is 29.6 Å². The second-order valence-corrected chi connectivity index (χ2v) is 7.24. The lowest BCUT2D eigenvalue weighted by molar-refractivity contribution is -0.138. The van der Waals surface area contributed by atoms with Crippen molar-refractivity contribution in [1.29, 1.82) is 0 Å². The van der Waals surface area contributed by atoms with Crippen LogP contribution in [0.2, 0.25) is 0 Å². The maximum Gasteiger partial charge on any atom is 0.303 e. The van der Waals surface area contributed by atoms with Gasteiger partial charge in [0.15, 0.2) is 0 Å². The van der Waals surface area contributed by atoms with E-state index in [1.807, 2.05) is 0 Å². The molecule has 0 spiro atoms. The van der Waals surface area contributed by atoms with Gasteiger partial charge in [-0.25, -0.2) is 0 Å². The topological polar surface area (TPSA) is 104 Å². The number of aliphatic hydroxyl groups excluding tert-OH is 2. The summed E-state index contributed by atoms with van der Waals surface area (Å²) in [5.74, 6) is -0.898.